The average molecular weight is 298 g/mol. The fraction of sp³-hybridized carbons (Fsp3) is 0.438. The molecule has 114 valence electrons. The molecule has 6 heteroatoms. The fourth-order valence-corrected chi connectivity index (χ4v) is 2.95. The largest absolute Gasteiger partial charge is 0.331 e. The van der Waals surface area contributed by atoms with E-state index in [1.807, 2.05) is 16.7 Å². The van der Waals surface area contributed by atoms with Crippen LogP contribution in [0.2, 0.25) is 0 Å². The molecule has 2 aliphatic rings. The van der Waals surface area contributed by atoms with Gasteiger partial charge in [-0.25, -0.2) is 9.78 Å². The number of pyridine rings is 1. The number of hydrogen-bond acceptors (Lipinski definition) is 3. The number of urea groups is 1. The third-order valence-corrected chi connectivity index (χ3v) is 4.49. The molecule has 2 aromatic rings. The van der Waals surface area contributed by atoms with Gasteiger partial charge in [0.1, 0.15) is 6.54 Å². The monoisotopic (exact) mass is 298 g/mol. The van der Waals surface area contributed by atoms with Gasteiger partial charge in [0.05, 0.1) is 11.4 Å². The van der Waals surface area contributed by atoms with Crippen molar-refractivity contribution in [2.24, 2.45) is 0 Å². The van der Waals surface area contributed by atoms with Crippen molar-refractivity contribution in [2.75, 3.05) is 18.5 Å². The summed E-state index contributed by atoms with van der Waals surface area (Å²) in [5.74, 6) is 0.393. The standard InChI is InChI=1S/C16H18N4O2/c1-3-12-8-19-7-11(10-4-5-10)6-13(15(19)17-12)20-9-14(21)18(2)16(20)22/h6-8,10H,3-5,9H2,1-2H3. The molecule has 0 unspecified atom stereocenters. The van der Waals surface area contributed by atoms with E-state index in [1.165, 1.54) is 35.3 Å². The molecule has 1 aliphatic carbocycles. The molecule has 2 aromatic heterocycles. The van der Waals surface area contributed by atoms with E-state index in [0.29, 0.717) is 5.92 Å². The maximum absolute atomic E-state index is 12.3. The van der Waals surface area contributed by atoms with Crippen molar-refractivity contribution in [3.05, 3.63) is 29.7 Å². The van der Waals surface area contributed by atoms with Crippen molar-refractivity contribution in [2.45, 2.75) is 32.1 Å². The first-order valence-corrected chi connectivity index (χ1v) is 7.68. The number of nitrogens with zero attached hydrogens (tertiary/aromatic N) is 4. The van der Waals surface area contributed by atoms with Gasteiger partial charge in [-0.2, -0.15) is 0 Å². The molecule has 0 spiro atoms. The summed E-state index contributed by atoms with van der Waals surface area (Å²) in [7, 11) is 1.52. The van der Waals surface area contributed by atoms with E-state index in [2.05, 4.69) is 18.1 Å². The third-order valence-electron chi connectivity index (χ3n) is 4.49. The molecule has 4 rings (SSSR count). The zero-order valence-corrected chi connectivity index (χ0v) is 12.7. The number of imidazole rings is 1. The average Bonchev–Trinajstić information content (AvgIpc) is 3.23. The topological polar surface area (TPSA) is 57.9 Å². The highest BCUT2D eigenvalue weighted by atomic mass is 16.2. The number of aryl methyl sites for hydroxylation is 1. The summed E-state index contributed by atoms with van der Waals surface area (Å²) in [6.07, 6.45) is 7.33. The SMILES string of the molecule is CCc1cn2cc(C3CC3)cc(N3CC(=O)N(C)C3=O)c2n1. The summed E-state index contributed by atoms with van der Waals surface area (Å²) < 4.78 is 2.00. The van der Waals surface area contributed by atoms with Gasteiger partial charge < -0.3 is 4.40 Å². The van der Waals surface area contributed by atoms with Gasteiger partial charge >= 0.3 is 6.03 Å². The second-order valence-electron chi connectivity index (χ2n) is 6.07. The zero-order chi connectivity index (χ0) is 15.4. The van der Waals surface area contributed by atoms with Crippen LogP contribution in [-0.2, 0) is 11.2 Å². The molecule has 0 radical (unpaired) electrons. The quantitative estimate of drug-likeness (QED) is 0.816. The van der Waals surface area contributed by atoms with Crippen LogP contribution < -0.4 is 4.90 Å². The summed E-state index contributed by atoms with van der Waals surface area (Å²) in [4.78, 5) is 31.5. The smallest absolute Gasteiger partial charge is 0.305 e. The Morgan fingerprint density at radius 2 is 2.05 bits per heavy atom. The van der Waals surface area contributed by atoms with Crippen LogP contribution in [-0.4, -0.2) is 39.8 Å². The van der Waals surface area contributed by atoms with Crippen LogP contribution in [0.15, 0.2) is 18.5 Å². The van der Waals surface area contributed by atoms with Gasteiger partial charge in [0, 0.05) is 19.4 Å². The lowest BCUT2D eigenvalue weighted by atomic mass is 10.1. The summed E-state index contributed by atoms with van der Waals surface area (Å²) in [5, 5.41) is 0. The number of likely N-dealkylation sites (N-methyl/N-ethyl adjacent to an activating group) is 1. The van der Waals surface area contributed by atoms with E-state index < -0.39 is 0 Å². The number of hydrogen-bond donors (Lipinski definition) is 0. The summed E-state index contributed by atoms with van der Waals surface area (Å²) in [6.45, 7) is 2.15. The van der Waals surface area contributed by atoms with Gasteiger partial charge in [-0.15, -0.1) is 0 Å². The van der Waals surface area contributed by atoms with Crippen molar-refractivity contribution in [3.63, 3.8) is 0 Å². The number of amides is 3. The van der Waals surface area contributed by atoms with E-state index in [-0.39, 0.29) is 18.5 Å². The maximum Gasteiger partial charge on any atom is 0.331 e. The highest BCUT2D eigenvalue weighted by Crippen LogP contribution is 2.42. The Morgan fingerprint density at radius 1 is 1.27 bits per heavy atom. The first-order valence-electron chi connectivity index (χ1n) is 7.68. The molecular weight excluding hydrogens is 280 g/mol. The number of fused-ring (bicyclic) bond motifs is 1. The molecule has 6 nitrogen and oxygen atoms in total. The Balaban J connectivity index is 1.89. The number of anilines is 1. The van der Waals surface area contributed by atoms with Crippen molar-refractivity contribution >= 4 is 23.3 Å². The van der Waals surface area contributed by atoms with Crippen LogP contribution in [0, 0.1) is 0 Å². The number of carbonyl (C=O) groups excluding carboxylic acids is 2. The number of aromatic nitrogens is 2. The predicted molar refractivity (Wildman–Crippen MR) is 82.1 cm³/mol. The van der Waals surface area contributed by atoms with Crippen LogP contribution in [0.3, 0.4) is 0 Å². The van der Waals surface area contributed by atoms with Gasteiger partial charge in [-0.1, -0.05) is 6.92 Å². The number of imide groups is 1. The summed E-state index contributed by atoms with van der Waals surface area (Å²) in [6, 6.07) is 1.75. The van der Waals surface area contributed by atoms with Gasteiger partial charge in [0.15, 0.2) is 5.65 Å². The molecule has 3 heterocycles. The molecule has 0 aromatic carbocycles. The van der Waals surface area contributed by atoms with Crippen molar-refractivity contribution in [3.8, 4) is 0 Å². The van der Waals surface area contributed by atoms with E-state index in [1.54, 1.807) is 0 Å². The molecule has 0 N–H and O–H groups in total. The Bertz CT molecular complexity index is 791. The molecule has 0 bridgehead atoms. The Labute approximate surface area is 128 Å². The molecule has 2 fully saturated rings. The minimum absolute atomic E-state index is 0.0907. The van der Waals surface area contributed by atoms with Gasteiger partial charge in [-0.05, 0) is 36.8 Å². The van der Waals surface area contributed by atoms with Crippen LogP contribution in [0.5, 0.6) is 0 Å². The maximum atomic E-state index is 12.3. The van der Waals surface area contributed by atoms with Gasteiger partial charge in [0.2, 0.25) is 5.91 Å². The molecule has 1 saturated heterocycles. The molecular formula is C16H18N4O2. The minimum atomic E-state index is -0.277. The van der Waals surface area contributed by atoms with Gasteiger partial charge in [0.25, 0.3) is 0 Å². The third kappa shape index (κ3) is 1.90. The molecule has 0 atom stereocenters. The van der Waals surface area contributed by atoms with Crippen LogP contribution in [0.4, 0.5) is 10.5 Å². The predicted octanol–water partition coefficient (Wildman–Crippen LogP) is 2.17. The first-order chi connectivity index (χ1) is 10.6. The Morgan fingerprint density at radius 3 is 2.64 bits per heavy atom. The zero-order valence-electron chi connectivity index (χ0n) is 12.7. The fourth-order valence-electron chi connectivity index (χ4n) is 2.95. The molecule has 22 heavy (non-hydrogen) atoms. The summed E-state index contributed by atoms with van der Waals surface area (Å²) in [5.41, 5.74) is 3.70. The lowest BCUT2D eigenvalue weighted by Crippen LogP contribution is -2.30. The Hall–Kier alpha value is -2.37. The summed E-state index contributed by atoms with van der Waals surface area (Å²) >= 11 is 0. The van der Waals surface area contributed by atoms with Crippen LogP contribution in [0.25, 0.3) is 5.65 Å². The van der Waals surface area contributed by atoms with E-state index in [0.717, 1.165) is 23.4 Å². The van der Waals surface area contributed by atoms with Crippen molar-refractivity contribution in [1.82, 2.24) is 14.3 Å². The minimum Gasteiger partial charge on any atom is -0.305 e. The Kier molecular flexibility index (Phi) is 2.76. The molecule has 1 saturated carbocycles. The van der Waals surface area contributed by atoms with E-state index in [9.17, 15) is 9.59 Å². The molecule has 3 amide bonds. The number of rotatable bonds is 3. The highest BCUT2D eigenvalue weighted by molar-refractivity contribution is 6.13. The highest BCUT2D eigenvalue weighted by Gasteiger charge is 2.36. The van der Waals surface area contributed by atoms with E-state index in [4.69, 9.17) is 0 Å². The van der Waals surface area contributed by atoms with Crippen molar-refractivity contribution < 1.29 is 9.59 Å². The van der Waals surface area contributed by atoms with E-state index >= 15 is 0 Å². The normalized spacial score (nSPS) is 18.8. The second-order valence-corrected chi connectivity index (χ2v) is 6.07. The van der Waals surface area contributed by atoms with Gasteiger partial charge in [-0.3, -0.25) is 14.6 Å². The second kappa shape index (κ2) is 4.56. The molecule has 1 aliphatic heterocycles. The van der Waals surface area contributed by atoms with Crippen LogP contribution in [0.1, 0.15) is 36.9 Å². The lowest BCUT2D eigenvalue weighted by Gasteiger charge is -2.17. The number of carbonyl (C=O) groups is 2. The first kappa shape index (κ1) is 13.3. The lowest BCUT2D eigenvalue weighted by molar-refractivity contribution is -0.123. The van der Waals surface area contributed by atoms with Crippen molar-refractivity contribution in [1.29, 1.82) is 0 Å². The van der Waals surface area contributed by atoms with Crippen LogP contribution >= 0.6 is 0 Å².